The first-order valence-corrected chi connectivity index (χ1v) is 8.05. The quantitative estimate of drug-likeness (QED) is 0.420. The number of carbonyl (C=O) groups is 1. The van der Waals surface area contributed by atoms with E-state index in [-0.39, 0.29) is 17.1 Å². The number of nitro groups is 1. The van der Waals surface area contributed by atoms with Crippen molar-refractivity contribution < 1.29 is 28.7 Å². The summed E-state index contributed by atoms with van der Waals surface area (Å²) >= 11 is 0. The Morgan fingerprint density at radius 3 is 2.07 bits per heavy atom. The van der Waals surface area contributed by atoms with Crippen LogP contribution < -0.4 is 24.3 Å². The summed E-state index contributed by atoms with van der Waals surface area (Å²) in [6.07, 6.45) is 2.84. The lowest BCUT2D eigenvalue weighted by molar-refractivity contribution is -0.385. The van der Waals surface area contributed by atoms with Crippen LogP contribution in [0.5, 0.6) is 23.0 Å². The van der Waals surface area contributed by atoms with Gasteiger partial charge in [-0.1, -0.05) is 0 Å². The number of nitrogens with one attached hydrogen (secondary N) is 1. The smallest absolute Gasteiger partial charge is 0.312 e. The van der Waals surface area contributed by atoms with Crippen LogP contribution in [0.3, 0.4) is 0 Å². The first kappa shape index (κ1) is 20.6. The molecule has 0 bridgehead atoms. The zero-order chi connectivity index (χ0) is 20.7. The van der Waals surface area contributed by atoms with Crippen LogP contribution in [0.15, 0.2) is 36.4 Å². The molecule has 0 unspecified atom stereocenters. The lowest BCUT2D eigenvalue weighted by Gasteiger charge is -2.12. The SMILES string of the molecule is COc1ccc(NC(=O)/C=C/c2cc(OC)c(OC)c(OC)c2)cc1[N+](=O)[O-]. The van der Waals surface area contributed by atoms with Crippen molar-refractivity contribution in [3.63, 3.8) is 0 Å². The molecule has 2 aromatic carbocycles. The maximum Gasteiger partial charge on any atom is 0.312 e. The van der Waals surface area contributed by atoms with Gasteiger partial charge < -0.3 is 24.3 Å². The van der Waals surface area contributed by atoms with E-state index >= 15 is 0 Å². The second kappa shape index (κ2) is 9.26. The molecule has 0 fully saturated rings. The highest BCUT2D eigenvalue weighted by molar-refractivity contribution is 6.02. The van der Waals surface area contributed by atoms with E-state index in [1.807, 2.05) is 0 Å². The van der Waals surface area contributed by atoms with Crippen LogP contribution in [0.1, 0.15) is 5.56 Å². The molecule has 1 N–H and O–H groups in total. The van der Waals surface area contributed by atoms with Gasteiger partial charge in [0.2, 0.25) is 11.7 Å². The molecular formula is C19H20N2O7. The molecule has 9 nitrogen and oxygen atoms in total. The van der Waals surface area contributed by atoms with Crippen LogP contribution >= 0.6 is 0 Å². The van der Waals surface area contributed by atoms with Gasteiger partial charge in [-0.15, -0.1) is 0 Å². The molecule has 28 heavy (non-hydrogen) atoms. The second-order valence-corrected chi connectivity index (χ2v) is 5.42. The molecule has 0 heterocycles. The summed E-state index contributed by atoms with van der Waals surface area (Å²) in [6.45, 7) is 0. The molecule has 0 radical (unpaired) electrons. The maximum absolute atomic E-state index is 12.2. The molecular weight excluding hydrogens is 368 g/mol. The number of hydrogen-bond acceptors (Lipinski definition) is 7. The van der Waals surface area contributed by atoms with Crippen molar-refractivity contribution in [2.24, 2.45) is 0 Å². The summed E-state index contributed by atoms with van der Waals surface area (Å²) in [6, 6.07) is 7.52. The fourth-order valence-electron chi connectivity index (χ4n) is 2.46. The monoisotopic (exact) mass is 388 g/mol. The van der Waals surface area contributed by atoms with Gasteiger partial charge >= 0.3 is 5.69 Å². The third kappa shape index (κ3) is 4.70. The summed E-state index contributed by atoms with van der Waals surface area (Å²) in [7, 11) is 5.82. The lowest BCUT2D eigenvalue weighted by atomic mass is 10.1. The highest BCUT2D eigenvalue weighted by Crippen LogP contribution is 2.38. The number of amides is 1. The molecule has 148 valence electrons. The number of methoxy groups -OCH3 is 4. The van der Waals surface area contributed by atoms with Gasteiger partial charge in [0.1, 0.15) is 0 Å². The highest BCUT2D eigenvalue weighted by Gasteiger charge is 2.16. The van der Waals surface area contributed by atoms with Crippen LogP contribution in [0.4, 0.5) is 11.4 Å². The zero-order valence-electron chi connectivity index (χ0n) is 15.8. The largest absolute Gasteiger partial charge is 0.493 e. The average Bonchev–Trinajstić information content (AvgIpc) is 2.71. The third-order valence-electron chi connectivity index (χ3n) is 3.76. The fourth-order valence-corrected chi connectivity index (χ4v) is 2.46. The van der Waals surface area contributed by atoms with E-state index in [2.05, 4.69) is 5.32 Å². The number of carbonyl (C=O) groups excluding carboxylic acids is 1. The van der Waals surface area contributed by atoms with E-state index in [9.17, 15) is 14.9 Å². The van der Waals surface area contributed by atoms with Crippen molar-refractivity contribution in [3.8, 4) is 23.0 Å². The number of nitrogens with zero attached hydrogens (tertiary/aromatic N) is 1. The van der Waals surface area contributed by atoms with Gasteiger partial charge in [-0.2, -0.15) is 0 Å². The molecule has 0 aliphatic heterocycles. The summed E-state index contributed by atoms with van der Waals surface area (Å²) < 4.78 is 20.7. The minimum absolute atomic E-state index is 0.107. The lowest BCUT2D eigenvalue weighted by Crippen LogP contribution is -2.08. The van der Waals surface area contributed by atoms with E-state index in [1.165, 1.54) is 52.7 Å². The van der Waals surface area contributed by atoms with Crippen molar-refractivity contribution in [2.75, 3.05) is 33.8 Å². The first-order valence-electron chi connectivity index (χ1n) is 8.05. The number of nitro benzene ring substituents is 1. The van der Waals surface area contributed by atoms with Gasteiger partial charge in [0.25, 0.3) is 0 Å². The maximum atomic E-state index is 12.2. The number of anilines is 1. The molecule has 1 amide bonds. The number of rotatable bonds is 8. The molecule has 0 aliphatic rings. The average molecular weight is 388 g/mol. The summed E-state index contributed by atoms with van der Waals surface area (Å²) in [5.74, 6) is 0.988. The molecule has 0 saturated carbocycles. The van der Waals surface area contributed by atoms with E-state index in [0.29, 0.717) is 22.8 Å². The summed E-state index contributed by atoms with van der Waals surface area (Å²) in [5, 5.41) is 13.6. The molecule has 0 aliphatic carbocycles. The summed E-state index contributed by atoms with van der Waals surface area (Å²) in [4.78, 5) is 22.7. The van der Waals surface area contributed by atoms with Gasteiger partial charge in [-0.05, 0) is 35.9 Å². The first-order chi connectivity index (χ1) is 13.4. The van der Waals surface area contributed by atoms with Gasteiger partial charge in [0, 0.05) is 17.8 Å². The van der Waals surface area contributed by atoms with Gasteiger partial charge in [-0.25, -0.2) is 0 Å². The van der Waals surface area contributed by atoms with E-state index in [4.69, 9.17) is 18.9 Å². The minimum Gasteiger partial charge on any atom is -0.493 e. The fraction of sp³-hybridized carbons (Fsp3) is 0.211. The summed E-state index contributed by atoms with van der Waals surface area (Å²) in [5.41, 5.74) is 0.673. The Kier molecular flexibility index (Phi) is 6.80. The Hall–Kier alpha value is -3.75. The van der Waals surface area contributed by atoms with Crippen molar-refractivity contribution in [1.29, 1.82) is 0 Å². The number of hydrogen-bond donors (Lipinski definition) is 1. The Bertz CT molecular complexity index is 884. The molecule has 0 aromatic heterocycles. The van der Waals surface area contributed by atoms with E-state index in [1.54, 1.807) is 18.2 Å². The van der Waals surface area contributed by atoms with Crippen LogP contribution in [0, 0.1) is 10.1 Å². The zero-order valence-corrected chi connectivity index (χ0v) is 15.8. The third-order valence-corrected chi connectivity index (χ3v) is 3.76. The van der Waals surface area contributed by atoms with E-state index < -0.39 is 10.8 Å². The van der Waals surface area contributed by atoms with E-state index in [0.717, 1.165) is 0 Å². The van der Waals surface area contributed by atoms with Gasteiger partial charge in [-0.3, -0.25) is 14.9 Å². The van der Waals surface area contributed by atoms with Crippen molar-refractivity contribution >= 4 is 23.4 Å². The van der Waals surface area contributed by atoms with Crippen LogP contribution in [0.25, 0.3) is 6.08 Å². The molecule has 0 spiro atoms. The second-order valence-electron chi connectivity index (χ2n) is 5.42. The molecule has 2 aromatic rings. The standard InChI is InChI=1S/C19H20N2O7/c1-25-15-7-6-13(11-14(15)21(23)24)20-18(22)8-5-12-9-16(26-2)19(28-4)17(10-12)27-3/h5-11H,1-4H3,(H,20,22)/b8-5+. The Balaban J connectivity index is 2.20. The molecule has 0 atom stereocenters. The molecule has 0 saturated heterocycles. The van der Waals surface area contributed by atoms with Crippen LogP contribution in [0.2, 0.25) is 0 Å². The predicted molar refractivity (Wildman–Crippen MR) is 103 cm³/mol. The molecule has 9 heteroatoms. The van der Waals surface area contributed by atoms with Gasteiger partial charge in [0.15, 0.2) is 17.2 Å². The van der Waals surface area contributed by atoms with Crippen molar-refractivity contribution in [3.05, 3.63) is 52.1 Å². The molecule has 2 rings (SSSR count). The number of ether oxygens (including phenoxy) is 4. The Labute approximate surface area is 161 Å². The Morgan fingerprint density at radius 2 is 1.57 bits per heavy atom. The van der Waals surface area contributed by atoms with Crippen LogP contribution in [-0.4, -0.2) is 39.3 Å². The van der Waals surface area contributed by atoms with Gasteiger partial charge in [0.05, 0.1) is 33.4 Å². The van der Waals surface area contributed by atoms with Crippen LogP contribution in [-0.2, 0) is 4.79 Å². The predicted octanol–water partition coefficient (Wildman–Crippen LogP) is 3.28. The number of benzene rings is 2. The normalized spacial score (nSPS) is 10.4. The van der Waals surface area contributed by atoms with Crippen molar-refractivity contribution in [1.82, 2.24) is 0 Å². The Morgan fingerprint density at radius 1 is 0.964 bits per heavy atom. The minimum atomic E-state index is -0.583. The van der Waals surface area contributed by atoms with Crippen molar-refractivity contribution in [2.45, 2.75) is 0 Å². The highest BCUT2D eigenvalue weighted by atomic mass is 16.6. The topological polar surface area (TPSA) is 109 Å².